The SMILES string of the molecule is CCOc1ccc(NC(=O)CN2C(=O)S/C(=C/c3cccn3-c3cccc([N+](=O)[O-])c3)C2=O)cc1. The van der Waals surface area contributed by atoms with Crippen LogP contribution in [0.15, 0.2) is 71.8 Å². The van der Waals surface area contributed by atoms with Crippen molar-refractivity contribution >= 4 is 46.3 Å². The van der Waals surface area contributed by atoms with E-state index in [1.165, 1.54) is 18.2 Å². The summed E-state index contributed by atoms with van der Waals surface area (Å²) in [5.74, 6) is -0.442. The van der Waals surface area contributed by atoms with Gasteiger partial charge in [0, 0.05) is 29.7 Å². The maximum Gasteiger partial charge on any atom is 0.294 e. The van der Waals surface area contributed by atoms with E-state index in [1.54, 1.807) is 59.3 Å². The number of imide groups is 1. The first-order chi connectivity index (χ1) is 16.9. The minimum atomic E-state index is -0.589. The van der Waals surface area contributed by atoms with Gasteiger partial charge in [0.05, 0.1) is 22.1 Å². The third-order valence-corrected chi connectivity index (χ3v) is 5.91. The van der Waals surface area contributed by atoms with Gasteiger partial charge >= 0.3 is 0 Å². The molecule has 0 spiro atoms. The molecule has 0 atom stereocenters. The van der Waals surface area contributed by atoms with E-state index < -0.39 is 28.5 Å². The summed E-state index contributed by atoms with van der Waals surface area (Å²) in [4.78, 5) is 49.4. The minimum Gasteiger partial charge on any atom is -0.494 e. The maximum absolute atomic E-state index is 12.9. The highest BCUT2D eigenvalue weighted by atomic mass is 32.2. The van der Waals surface area contributed by atoms with Crippen LogP contribution in [-0.2, 0) is 9.59 Å². The number of ether oxygens (including phenoxy) is 1. The summed E-state index contributed by atoms with van der Waals surface area (Å²) in [7, 11) is 0. The number of benzene rings is 2. The monoisotopic (exact) mass is 492 g/mol. The lowest BCUT2D eigenvalue weighted by Crippen LogP contribution is -2.36. The van der Waals surface area contributed by atoms with Gasteiger partial charge in [0.25, 0.3) is 16.8 Å². The summed E-state index contributed by atoms with van der Waals surface area (Å²) in [5.41, 5.74) is 1.52. The van der Waals surface area contributed by atoms with Gasteiger partial charge in [-0.3, -0.25) is 29.4 Å². The number of anilines is 1. The van der Waals surface area contributed by atoms with E-state index >= 15 is 0 Å². The Morgan fingerprint density at radius 1 is 1.14 bits per heavy atom. The normalized spacial score (nSPS) is 14.4. The van der Waals surface area contributed by atoms with Gasteiger partial charge in [-0.1, -0.05) is 6.07 Å². The molecule has 1 aliphatic rings. The molecule has 10 nitrogen and oxygen atoms in total. The van der Waals surface area contributed by atoms with Gasteiger partial charge in [-0.15, -0.1) is 0 Å². The quantitative estimate of drug-likeness (QED) is 0.280. The summed E-state index contributed by atoms with van der Waals surface area (Å²) >= 11 is 0.728. The topological polar surface area (TPSA) is 124 Å². The molecule has 1 N–H and O–H groups in total. The van der Waals surface area contributed by atoms with Crippen molar-refractivity contribution in [1.82, 2.24) is 9.47 Å². The molecule has 2 aromatic carbocycles. The molecule has 3 amide bonds. The molecule has 35 heavy (non-hydrogen) atoms. The molecule has 4 rings (SSSR count). The number of rotatable bonds is 8. The molecule has 0 unspecified atom stereocenters. The highest BCUT2D eigenvalue weighted by Crippen LogP contribution is 2.33. The van der Waals surface area contributed by atoms with Gasteiger partial charge in [-0.25, -0.2) is 0 Å². The Morgan fingerprint density at radius 3 is 2.63 bits per heavy atom. The fourth-order valence-corrected chi connectivity index (χ4v) is 4.24. The predicted octanol–water partition coefficient (Wildman–Crippen LogP) is 4.46. The summed E-state index contributed by atoms with van der Waals surface area (Å²) in [6.07, 6.45) is 3.22. The smallest absolute Gasteiger partial charge is 0.294 e. The zero-order chi connectivity index (χ0) is 24.9. The Kier molecular flexibility index (Phi) is 6.97. The molecule has 0 aliphatic carbocycles. The molecule has 1 saturated heterocycles. The van der Waals surface area contributed by atoms with Crippen LogP contribution < -0.4 is 10.1 Å². The standard InChI is InChI=1S/C24H20N4O6S/c1-2-34-20-10-8-16(9-11-20)25-22(29)15-27-23(30)21(35-24(27)31)14-18-7-4-12-26(18)17-5-3-6-19(13-17)28(32)33/h3-14H,2,15H2,1H3,(H,25,29)/b21-14+. The van der Waals surface area contributed by atoms with E-state index in [0.717, 1.165) is 16.7 Å². The van der Waals surface area contributed by atoms with Gasteiger partial charge in [-0.2, -0.15) is 0 Å². The predicted molar refractivity (Wildman–Crippen MR) is 131 cm³/mol. The molecular weight excluding hydrogens is 472 g/mol. The number of non-ortho nitro benzene ring substituents is 1. The van der Waals surface area contributed by atoms with E-state index in [4.69, 9.17) is 4.74 Å². The van der Waals surface area contributed by atoms with E-state index in [1.807, 2.05) is 6.92 Å². The minimum absolute atomic E-state index is 0.0685. The first-order valence-electron chi connectivity index (χ1n) is 10.6. The van der Waals surface area contributed by atoms with Crippen molar-refractivity contribution in [2.75, 3.05) is 18.5 Å². The molecule has 2 heterocycles. The number of thioether (sulfide) groups is 1. The Labute approximate surface area is 204 Å². The number of hydrogen-bond acceptors (Lipinski definition) is 7. The zero-order valence-corrected chi connectivity index (χ0v) is 19.4. The van der Waals surface area contributed by atoms with Crippen LogP contribution in [0.5, 0.6) is 5.75 Å². The average Bonchev–Trinajstić information content (AvgIpc) is 3.40. The van der Waals surface area contributed by atoms with Crippen LogP contribution in [0, 0.1) is 10.1 Å². The van der Waals surface area contributed by atoms with E-state index in [2.05, 4.69) is 5.32 Å². The maximum atomic E-state index is 12.9. The van der Waals surface area contributed by atoms with Gasteiger partial charge in [0.1, 0.15) is 12.3 Å². The first-order valence-corrected chi connectivity index (χ1v) is 11.4. The fraction of sp³-hybridized carbons (Fsp3) is 0.125. The van der Waals surface area contributed by atoms with Gasteiger partial charge < -0.3 is 14.6 Å². The second-order valence-electron chi connectivity index (χ2n) is 7.35. The molecule has 1 aliphatic heterocycles. The van der Waals surface area contributed by atoms with Crippen molar-refractivity contribution in [2.24, 2.45) is 0 Å². The summed E-state index contributed by atoms with van der Waals surface area (Å²) < 4.78 is 7.02. The molecule has 11 heteroatoms. The van der Waals surface area contributed by atoms with Gasteiger partial charge in [0.15, 0.2) is 0 Å². The van der Waals surface area contributed by atoms with E-state index in [0.29, 0.717) is 29.4 Å². The molecule has 0 saturated carbocycles. The third-order valence-electron chi connectivity index (χ3n) is 5.00. The molecule has 0 radical (unpaired) electrons. The molecule has 3 aromatic rings. The van der Waals surface area contributed by atoms with Gasteiger partial charge in [-0.05, 0) is 67.2 Å². The van der Waals surface area contributed by atoms with Crippen LogP contribution in [0.3, 0.4) is 0 Å². The number of nitrogens with one attached hydrogen (secondary N) is 1. The molecule has 1 aromatic heterocycles. The Hall–Kier alpha value is -4.38. The number of carbonyl (C=O) groups excluding carboxylic acids is 3. The third kappa shape index (κ3) is 5.41. The summed E-state index contributed by atoms with van der Waals surface area (Å²) in [6, 6.07) is 16.2. The Morgan fingerprint density at radius 2 is 1.91 bits per heavy atom. The summed E-state index contributed by atoms with van der Waals surface area (Å²) in [6.45, 7) is 1.96. The molecular formula is C24H20N4O6S. The highest BCUT2D eigenvalue weighted by molar-refractivity contribution is 8.18. The zero-order valence-electron chi connectivity index (χ0n) is 18.5. The lowest BCUT2D eigenvalue weighted by molar-refractivity contribution is -0.384. The second kappa shape index (κ2) is 10.3. The number of nitro groups is 1. The van der Waals surface area contributed by atoms with E-state index in [9.17, 15) is 24.5 Å². The van der Waals surface area contributed by atoms with Crippen LogP contribution in [0.2, 0.25) is 0 Å². The van der Waals surface area contributed by atoms with Crippen molar-refractivity contribution in [3.8, 4) is 11.4 Å². The number of aromatic nitrogens is 1. The molecule has 0 bridgehead atoms. The van der Waals surface area contributed by atoms with E-state index in [-0.39, 0.29) is 10.6 Å². The van der Waals surface area contributed by atoms with Crippen LogP contribution >= 0.6 is 11.8 Å². The first kappa shape index (κ1) is 23.8. The van der Waals surface area contributed by atoms with Crippen molar-refractivity contribution in [2.45, 2.75) is 6.92 Å². The second-order valence-corrected chi connectivity index (χ2v) is 8.35. The Balaban J connectivity index is 1.47. The fourth-order valence-electron chi connectivity index (χ4n) is 3.42. The van der Waals surface area contributed by atoms with Crippen LogP contribution in [0.4, 0.5) is 16.2 Å². The number of nitrogens with zero attached hydrogens (tertiary/aromatic N) is 3. The van der Waals surface area contributed by atoms with Gasteiger partial charge in [0.2, 0.25) is 5.91 Å². The lowest BCUT2D eigenvalue weighted by Gasteiger charge is -2.13. The number of hydrogen-bond donors (Lipinski definition) is 1. The Bertz CT molecular complexity index is 1330. The number of amides is 3. The van der Waals surface area contributed by atoms with Crippen molar-refractivity contribution < 1.29 is 24.0 Å². The van der Waals surface area contributed by atoms with Crippen molar-refractivity contribution in [3.05, 3.63) is 87.6 Å². The van der Waals surface area contributed by atoms with Crippen LogP contribution in [0.25, 0.3) is 11.8 Å². The van der Waals surface area contributed by atoms with Crippen molar-refractivity contribution in [1.29, 1.82) is 0 Å². The average molecular weight is 493 g/mol. The molecule has 178 valence electrons. The lowest BCUT2D eigenvalue weighted by atomic mass is 10.2. The van der Waals surface area contributed by atoms with Crippen LogP contribution in [-0.4, -0.2) is 44.6 Å². The number of nitro benzene ring substituents is 1. The van der Waals surface area contributed by atoms with Crippen LogP contribution in [0.1, 0.15) is 12.6 Å². The van der Waals surface area contributed by atoms with Crippen molar-refractivity contribution in [3.63, 3.8) is 0 Å². The molecule has 1 fully saturated rings. The highest BCUT2D eigenvalue weighted by Gasteiger charge is 2.36. The number of carbonyl (C=O) groups is 3. The largest absolute Gasteiger partial charge is 0.494 e. The summed E-state index contributed by atoms with van der Waals surface area (Å²) in [5, 5.41) is 13.2.